The summed E-state index contributed by atoms with van der Waals surface area (Å²) in [6.07, 6.45) is 0. The summed E-state index contributed by atoms with van der Waals surface area (Å²) < 4.78 is 5.38. The maximum absolute atomic E-state index is 12.6. The molecule has 0 amide bonds. The van der Waals surface area contributed by atoms with E-state index in [0.29, 0.717) is 28.1 Å². The molecule has 0 spiro atoms. The molecule has 4 nitrogen and oxygen atoms in total. The van der Waals surface area contributed by atoms with Crippen LogP contribution in [0.4, 0.5) is 0 Å². The number of rotatable bonds is 3. The van der Waals surface area contributed by atoms with Gasteiger partial charge in [0.15, 0.2) is 5.78 Å². The van der Waals surface area contributed by atoms with E-state index < -0.39 is 11.6 Å². The maximum atomic E-state index is 12.6. The molecule has 1 aromatic heterocycles. The lowest BCUT2D eigenvalue weighted by Gasteiger charge is -2.19. The number of aromatic amines is 1. The summed E-state index contributed by atoms with van der Waals surface area (Å²) in [5.41, 5.74) is 2.20. The van der Waals surface area contributed by atoms with E-state index in [-0.39, 0.29) is 5.78 Å². The molecule has 0 bridgehead atoms. The molecule has 2 rings (SSSR count). The molecule has 0 aliphatic carbocycles. The molecule has 1 N–H and O–H groups in total. The molecule has 4 heteroatoms. The van der Waals surface area contributed by atoms with Gasteiger partial charge in [-0.2, -0.15) is 0 Å². The van der Waals surface area contributed by atoms with Crippen molar-refractivity contribution >= 4 is 11.8 Å². The Kier molecular flexibility index (Phi) is 4.22. The number of carbonyl (C=O) groups is 2. The third-order valence-corrected chi connectivity index (χ3v) is 3.30. The predicted molar refractivity (Wildman–Crippen MR) is 85.3 cm³/mol. The van der Waals surface area contributed by atoms with Gasteiger partial charge < -0.3 is 9.72 Å². The quantitative estimate of drug-likeness (QED) is 0.692. The minimum atomic E-state index is -0.577. The van der Waals surface area contributed by atoms with Crippen LogP contribution in [0, 0.1) is 13.8 Å². The minimum Gasteiger partial charge on any atom is -0.455 e. The SMILES string of the molecule is Cc1[nH]c(C(=O)OC(C)(C)C)c(C)c1C(=O)c1ccccc1. The van der Waals surface area contributed by atoms with Gasteiger partial charge in [-0.3, -0.25) is 4.79 Å². The number of ketones is 1. The standard InChI is InChI=1S/C18H21NO3/c1-11-14(16(20)13-9-7-6-8-10-13)12(2)19-15(11)17(21)22-18(3,4)5/h6-10,19H,1-5H3. The average Bonchev–Trinajstić information content (AvgIpc) is 2.72. The Labute approximate surface area is 130 Å². The molecule has 22 heavy (non-hydrogen) atoms. The lowest BCUT2D eigenvalue weighted by molar-refractivity contribution is 0.00626. The zero-order chi connectivity index (χ0) is 16.5. The first-order valence-electron chi connectivity index (χ1n) is 7.23. The smallest absolute Gasteiger partial charge is 0.355 e. The molecule has 0 radical (unpaired) electrons. The Morgan fingerprint density at radius 1 is 1.05 bits per heavy atom. The van der Waals surface area contributed by atoms with Crippen molar-refractivity contribution in [3.05, 3.63) is 58.4 Å². The van der Waals surface area contributed by atoms with E-state index in [9.17, 15) is 9.59 Å². The van der Waals surface area contributed by atoms with Crippen molar-refractivity contribution < 1.29 is 14.3 Å². The second-order valence-electron chi connectivity index (χ2n) is 6.32. The normalized spacial score (nSPS) is 11.3. The Bertz CT molecular complexity index is 706. The van der Waals surface area contributed by atoms with Crippen LogP contribution in [0.25, 0.3) is 0 Å². The van der Waals surface area contributed by atoms with Gasteiger partial charge in [0.25, 0.3) is 0 Å². The molecule has 2 aromatic rings. The summed E-state index contributed by atoms with van der Waals surface area (Å²) in [6.45, 7) is 8.99. The predicted octanol–water partition coefficient (Wildman–Crippen LogP) is 3.82. The number of ether oxygens (including phenoxy) is 1. The first-order chi connectivity index (χ1) is 10.2. The lowest BCUT2D eigenvalue weighted by Crippen LogP contribution is -2.24. The molecule has 1 heterocycles. The van der Waals surface area contributed by atoms with Crippen molar-refractivity contribution in [1.29, 1.82) is 0 Å². The van der Waals surface area contributed by atoms with Crippen molar-refractivity contribution in [3.63, 3.8) is 0 Å². The van der Waals surface area contributed by atoms with Crippen LogP contribution in [-0.2, 0) is 4.74 Å². The van der Waals surface area contributed by atoms with Crippen LogP contribution in [0.3, 0.4) is 0 Å². The zero-order valence-corrected chi connectivity index (χ0v) is 13.6. The van der Waals surface area contributed by atoms with Crippen LogP contribution >= 0.6 is 0 Å². The Balaban J connectivity index is 2.40. The molecule has 116 valence electrons. The second kappa shape index (κ2) is 5.79. The molecular formula is C18H21NO3. The molecule has 0 aliphatic rings. The molecule has 0 unspecified atom stereocenters. The van der Waals surface area contributed by atoms with Crippen LogP contribution in [0.2, 0.25) is 0 Å². The average molecular weight is 299 g/mol. The van der Waals surface area contributed by atoms with Crippen LogP contribution < -0.4 is 0 Å². The number of aryl methyl sites for hydroxylation is 1. The fraction of sp³-hybridized carbons (Fsp3) is 0.333. The number of hydrogen-bond donors (Lipinski definition) is 1. The molecule has 0 fully saturated rings. The molecule has 0 saturated heterocycles. The second-order valence-corrected chi connectivity index (χ2v) is 6.32. The molecule has 0 aliphatic heterocycles. The fourth-order valence-corrected chi connectivity index (χ4v) is 2.36. The highest BCUT2D eigenvalue weighted by Gasteiger charge is 2.26. The van der Waals surface area contributed by atoms with E-state index in [1.54, 1.807) is 26.0 Å². The van der Waals surface area contributed by atoms with Gasteiger partial charge in [0.05, 0.1) is 0 Å². The molecule has 0 saturated carbocycles. The van der Waals surface area contributed by atoms with Crippen molar-refractivity contribution in [3.8, 4) is 0 Å². The van der Waals surface area contributed by atoms with Gasteiger partial charge in [0.1, 0.15) is 11.3 Å². The molecule has 0 atom stereocenters. The van der Waals surface area contributed by atoms with E-state index in [1.807, 2.05) is 39.0 Å². The van der Waals surface area contributed by atoms with Crippen molar-refractivity contribution in [2.45, 2.75) is 40.2 Å². The third kappa shape index (κ3) is 3.27. The number of aromatic nitrogens is 1. The summed E-state index contributed by atoms with van der Waals surface area (Å²) in [4.78, 5) is 27.9. The lowest BCUT2D eigenvalue weighted by atomic mass is 10.00. The monoisotopic (exact) mass is 299 g/mol. The number of carbonyl (C=O) groups excluding carboxylic acids is 2. The summed E-state index contributed by atoms with van der Waals surface area (Å²) in [5, 5.41) is 0. The van der Waals surface area contributed by atoms with Gasteiger partial charge >= 0.3 is 5.97 Å². The topological polar surface area (TPSA) is 59.2 Å². The largest absolute Gasteiger partial charge is 0.455 e. The van der Waals surface area contributed by atoms with Crippen LogP contribution in [-0.4, -0.2) is 22.3 Å². The van der Waals surface area contributed by atoms with Crippen molar-refractivity contribution in [1.82, 2.24) is 4.98 Å². The van der Waals surface area contributed by atoms with Crippen molar-refractivity contribution in [2.75, 3.05) is 0 Å². The third-order valence-electron chi connectivity index (χ3n) is 3.30. The van der Waals surface area contributed by atoms with Gasteiger partial charge in [-0.25, -0.2) is 4.79 Å². The van der Waals surface area contributed by atoms with E-state index in [4.69, 9.17) is 4.74 Å². The van der Waals surface area contributed by atoms with Gasteiger partial charge in [-0.05, 0) is 40.2 Å². The highest BCUT2D eigenvalue weighted by molar-refractivity contribution is 6.12. The van der Waals surface area contributed by atoms with Crippen molar-refractivity contribution in [2.24, 2.45) is 0 Å². The van der Waals surface area contributed by atoms with Gasteiger partial charge in [-0.15, -0.1) is 0 Å². The van der Waals surface area contributed by atoms with Gasteiger partial charge in [-0.1, -0.05) is 30.3 Å². The van der Waals surface area contributed by atoms with Gasteiger partial charge in [0, 0.05) is 16.8 Å². The van der Waals surface area contributed by atoms with Crippen LogP contribution in [0.15, 0.2) is 30.3 Å². The summed E-state index contributed by atoms with van der Waals surface area (Å²) in [6, 6.07) is 9.03. The fourth-order valence-electron chi connectivity index (χ4n) is 2.36. The Morgan fingerprint density at radius 3 is 2.18 bits per heavy atom. The van der Waals surface area contributed by atoms with E-state index in [1.165, 1.54) is 0 Å². The summed E-state index contributed by atoms with van der Waals surface area (Å²) in [5.74, 6) is -0.540. The van der Waals surface area contributed by atoms with E-state index >= 15 is 0 Å². The number of hydrogen-bond acceptors (Lipinski definition) is 3. The van der Waals surface area contributed by atoms with Gasteiger partial charge in [0.2, 0.25) is 0 Å². The number of nitrogens with one attached hydrogen (secondary N) is 1. The van der Waals surface area contributed by atoms with E-state index in [0.717, 1.165) is 0 Å². The summed E-state index contributed by atoms with van der Waals surface area (Å²) in [7, 11) is 0. The Morgan fingerprint density at radius 2 is 1.64 bits per heavy atom. The Hall–Kier alpha value is -2.36. The van der Waals surface area contributed by atoms with Crippen LogP contribution in [0.1, 0.15) is 58.4 Å². The van der Waals surface area contributed by atoms with E-state index in [2.05, 4.69) is 4.98 Å². The first kappa shape index (κ1) is 16.0. The maximum Gasteiger partial charge on any atom is 0.355 e. The molecular weight excluding hydrogens is 278 g/mol. The summed E-state index contributed by atoms with van der Waals surface area (Å²) >= 11 is 0. The number of H-pyrrole nitrogens is 1. The zero-order valence-electron chi connectivity index (χ0n) is 13.6. The number of esters is 1. The first-order valence-corrected chi connectivity index (χ1v) is 7.23. The minimum absolute atomic E-state index is 0.0957. The van der Waals surface area contributed by atoms with Crippen LogP contribution in [0.5, 0.6) is 0 Å². The number of benzene rings is 1. The molecule has 1 aromatic carbocycles. The highest BCUT2D eigenvalue weighted by Crippen LogP contribution is 2.23. The highest BCUT2D eigenvalue weighted by atomic mass is 16.6.